The standard InChI is InChI=1S/C14H13FO5S/c1-18-13-7-6-12(9-14(13)19-2)21(16,17)20-11-5-3-4-10(15)8-11/h3-9H,1-2H3. The van der Waals surface area contributed by atoms with Crippen LogP contribution in [0.5, 0.6) is 17.2 Å². The normalized spacial score (nSPS) is 11.0. The van der Waals surface area contributed by atoms with Crippen molar-refractivity contribution in [1.29, 1.82) is 0 Å². The molecule has 0 spiro atoms. The Hall–Kier alpha value is -2.28. The third kappa shape index (κ3) is 3.43. The summed E-state index contributed by atoms with van der Waals surface area (Å²) in [4.78, 5) is -0.121. The van der Waals surface area contributed by atoms with Gasteiger partial charge in [0, 0.05) is 12.1 Å². The van der Waals surface area contributed by atoms with Gasteiger partial charge in [-0.25, -0.2) is 4.39 Å². The molecule has 0 saturated heterocycles. The number of hydrogen-bond donors (Lipinski definition) is 0. The first-order valence-electron chi connectivity index (χ1n) is 5.88. The van der Waals surface area contributed by atoms with Crippen LogP contribution in [-0.4, -0.2) is 22.6 Å². The Morgan fingerprint density at radius 1 is 0.952 bits per heavy atom. The van der Waals surface area contributed by atoms with Gasteiger partial charge in [0.05, 0.1) is 14.2 Å². The van der Waals surface area contributed by atoms with E-state index in [0.717, 1.165) is 6.07 Å². The number of ether oxygens (including phenoxy) is 2. The molecular weight excluding hydrogens is 299 g/mol. The lowest BCUT2D eigenvalue weighted by atomic mass is 10.3. The molecule has 0 aliphatic heterocycles. The molecule has 0 bridgehead atoms. The van der Waals surface area contributed by atoms with Gasteiger partial charge in [0.15, 0.2) is 11.5 Å². The van der Waals surface area contributed by atoms with Gasteiger partial charge in [-0.1, -0.05) is 6.07 Å². The van der Waals surface area contributed by atoms with Gasteiger partial charge in [-0.2, -0.15) is 8.42 Å². The molecule has 0 fully saturated rings. The summed E-state index contributed by atoms with van der Waals surface area (Å²) < 4.78 is 52.3. The van der Waals surface area contributed by atoms with Crippen molar-refractivity contribution in [2.75, 3.05) is 14.2 Å². The quantitative estimate of drug-likeness (QED) is 0.794. The van der Waals surface area contributed by atoms with Crippen molar-refractivity contribution in [3.8, 4) is 17.2 Å². The molecule has 0 aromatic heterocycles. The number of benzene rings is 2. The Balaban J connectivity index is 2.35. The largest absolute Gasteiger partial charge is 0.493 e. The SMILES string of the molecule is COc1ccc(S(=O)(=O)Oc2cccc(F)c2)cc1OC. The fourth-order valence-electron chi connectivity index (χ4n) is 1.67. The Morgan fingerprint density at radius 2 is 1.67 bits per heavy atom. The smallest absolute Gasteiger partial charge is 0.339 e. The summed E-state index contributed by atoms with van der Waals surface area (Å²) in [5.74, 6) is -0.0524. The summed E-state index contributed by atoms with van der Waals surface area (Å²) >= 11 is 0. The average Bonchev–Trinajstić information content (AvgIpc) is 2.46. The molecular formula is C14H13FO5S. The second-order valence-electron chi connectivity index (χ2n) is 4.01. The maximum atomic E-state index is 13.1. The predicted molar refractivity (Wildman–Crippen MR) is 73.8 cm³/mol. The van der Waals surface area contributed by atoms with Crippen LogP contribution < -0.4 is 13.7 Å². The molecule has 7 heteroatoms. The van der Waals surface area contributed by atoms with Crippen LogP contribution in [0.3, 0.4) is 0 Å². The van der Waals surface area contributed by atoms with Gasteiger partial charge in [-0.3, -0.25) is 0 Å². The summed E-state index contributed by atoms with van der Waals surface area (Å²) in [5, 5.41) is 0. The first-order chi connectivity index (χ1) is 9.96. The van der Waals surface area contributed by atoms with E-state index in [-0.39, 0.29) is 16.4 Å². The highest BCUT2D eigenvalue weighted by Gasteiger charge is 2.19. The van der Waals surface area contributed by atoms with E-state index < -0.39 is 15.9 Å². The molecule has 0 aliphatic carbocycles. The third-order valence-electron chi connectivity index (χ3n) is 2.65. The predicted octanol–water partition coefficient (Wildman–Crippen LogP) is 2.61. The Labute approximate surface area is 122 Å². The molecule has 0 saturated carbocycles. The molecule has 0 amide bonds. The maximum Gasteiger partial charge on any atom is 0.339 e. The summed E-state index contributed by atoms with van der Waals surface area (Å²) in [7, 11) is -1.26. The highest BCUT2D eigenvalue weighted by molar-refractivity contribution is 7.87. The lowest BCUT2D eigenvalue weighted by molar-refractivity contribution is 0.353. The van der Waals surface area contributed by atoms with E-state index in [1.165, 1.54) is 50.6 Å². The zero-order valence-corrected chi connectivity index (χ0v) is 12.2. The topological polar surface area (TPSA) is 61.8 Å². The van der Waals surface area contributed by atoms with Gasteiger partial charge in [0.25, 0.3) is 0 Å². The number of hydrogen-bond acceptors (Lipinski definition) is 5. The molecule has 21 heavy (non-hydrogen) atoms. The van der Waals surface area contributed by atoms with E-state index in [9.17, 15) is 12.8 Å². The molecule has 0 N–H and O–H groups in total. The van der Waals surface area contributed by atoms with Crippen LogP contribution >= 0.6 is 0 Å². The molecule has 2 rings (SSSR count). The summed E-state index contributed by atoms with van der Waals surface area (Å²) in [6.45, 7) is 0. The Kier molecular flexibility index (Phi) is 4.32. The van der Waals surface area contributed by atoms with Gasteiger partial charge in [0.1, 0.15) is 16.5 Å². The molecule has 0 unspecified atom stereocenters. The van der Waals surface area contributed by atoms with Crippen molar-refractivity contribution in [3.63, 3.8) is 0 Å². The van der Waals surface area contributed by atoms with E-state index in [1.54, 1.807) is 0 Å². The highest BCUT2D eigenvalue weighted by Crippen LogP contribution is 2.30. The van der Waals surface area contributed by atoms with Gasteiger partial charge in [-0.15, -0.1) is 0 Å². The second-order valence-corrected chi connectivity index (χ2v) is 5.56. The van der Waals surface area contributed by atoms with Crippen LogP contribution in [0.2, 0.25) is 0 Å². The number of rotatable bonds is 5. The van der Waals surface area contributed by atoms with Gasteiger partial charge in [0.2, 0.25) is 0 Å². The zero-order chi connectivity index (χ0) is 15.5. The number of methoxy groups -OCH3 is 2. The van der Waals surface area contributed by atoms with Crippen LogP contribution in [-0.2, 0) is 10.1 Å². The first kappa shape index (κ1) is 15.1. The van der Waals surface area contributed by atoms with Crippen molar-refractivity contribution in [1.82, 2.24) is 0 Å². The minimum absolute atomic E-state index is 0.107. The van der Waals surface area contributed by atoms with Crippen LogP contribution in [0.15, 0.2) is 47.4 Å². The van der Waals surface area contributed by atoms with Crippen molar-refractivity contribution in [2.24, 2.45) is 0 Å². The van der Waals surface area contributed by atoms with E-state index in [4.69, 9.17) is 13.7 Å². The first-order valence-corrected chi connectivity index (χ1v) is 7.29. The lowest BCUT2D eigenvalue weighted by Crippen LogP contribution is -2.10. The van der Waals surface area contributed by atoms with Crippen LogP contribution in [0.25, 0.3) is 0 Å². The van der Waals surface area contributed by atoms with Gasteiger partial charge in [-0.05, 0) is 24.3 Å². The van der Waals surface area contributed by atoms with Crippen LogP contribution in [0.4, 0.5) is 4.39 Å². The van der Waals surface area contributed by atoms with E-state index >= 15 is 0 Å². The monoisotopic (exact) mass is 312 g/mol. The van der Waals surface area contributed by atoms with Crippen LogP contribution in [0, 0.1) is 5.82 Å². The third-order valence-corrected chi connectivity index (χ3v) is 3.89. The fraction of sp³-hybridized carbons (Fsp3) is 0.143. The highest BCUT2D eigenvalue weighted by atomic mass is 32.2. The fourth-order valence-corrected chi connectivity index (χ4v) is 2.61. The van der Waals surface area contributed by atoms with Gasteiger partial charge < -0.3 is 13.7 Å². The maximum absolute atomic E-state index is 13.1. The molecule has 0 atom stereocenters. The van der Waals surface area contributed by atoms with E-state index in [0.29, 0.717) is 5.75 Å². The summed E-state index contributed by atoms with van der Waals surface area (Å²) in [6.07, 6.45) is 0. The molecule has 0 aliphatic rings. The number of halogens is 1. The Morgan fingerprint density at radius 3 is 2.29 bits per heavy atom. The minimum atomic E-state index is -4.09. The molecule has 0 heterocycles. The van der Waals surface area contributed by atoms with E-state index in [2.05, 4.69) is 0 Å². The molecule has 112 valence electrons. The van der Waals surface area contributed by atoms with Crippen molar-refractivity contribution >= 4 is 10.1 Å². The average molecular weight is 312 g/mol. The molecule has 2 aromatic rings. The molecule has 5 nitrogen and oxygen atoms in total. The van der Waals surface area contributed by atoms with E-state index in [1.807, 2.05) is 0 Å². The van der Waals surface area contributed by atoms with Crippen molar-refractivity contribution in [2.45, 2.75) is 4.90 Å². The summed E-state index contributed by atoms with van der Waals surface area (Å²) in [5.41, 5.74) is 0. The summed E-state index contributed by atoms with van der Waals surface area (Å²) in [6, 6.07) is 8.91. The van der Waals surface area contributed by atoms with Crippen molar-refractivity contribution < 1.29 is 26.5 Å². The van der Waals surface area contributed by atoms with Crippen molar-refractivity contribution in [3.05, 3.63) is 48.3 Å². The minimum Gasteiger partial charge on any atom is -0.493 e. The second kappa shape index (κ2) is 6.01. The van der Waals surface area contributed by atoms with Gasteiger partial charge >= 0.3 is 10.1 Å². The Bertz CT molecular complexity index is 743. The molecule has 2 aromatic carbocycles. The zero-order valence-electron chi connectivity index (χ0n) is 11.4. The van der Waals surface area contributed by atoms with Crippen LogP contribution in [0.1, 0.15) is 0 Å². The lowest BCUT2D eigenvalue weighted by Gasteiger charge is -2.10. The molecule has 0 radical (unpaired) electrons.